The number of esters is 1. The summed E-state index contributed by atoms with van der Waals surface area (Å²) in [4.78, 5) is 25.8. The highest BCUT2D eigenvalue weighted by atomic mass is 16.6. The molecule has 0 saturated carbocycles. The summed E-state index contributed by atoms with van der Waals surface area (Å²) in [6.45, 7) is 5.87. The number of hydrogen-bond donors (Lipinski definition) is 0. The molecule has 0 aliphatic carbocycles. The topological polar surface area (TPSA) is 65.1 Å². The van der Waals surface area contributed by atoms with Gasteiger partial charge in [0.1, 0.15) is 11.5 Å². The number of carbonyl (C=O) groups excluding carboxylic acids is 2. The fraction of sp³-hybridized carbons (Fsp3) is 0.391. The second-order valence-corrected chi connectivity index (χ2v) is 7.21. The third kappa shape index (κ3) is 6.52. The Morgan fingerprint density at radius 2 is 1.76 bits per heavy atom. The third-order valence-corrected chi connectivity index (χ3v) is 4.52. The first-order valence-corrected chi connectivity index (χ1v) is 9.56. The molecule has 6 nitrogen and oxygen atoms in total. The normalized spacial score (nSPS) is 10.6. The number of hydrogen-bond acceptors (Lipinski definition) is 5. The predicted molar refractivity (Wildman–Crippen MR) is 111 cm³/mol. The summed E-state index contributed by atoms with van der Waals surface area (Å²) in [6.07, 6.45) is 0. The molecule has 2 rings (SSSR count). The molecule has 2 aromatic rings. The molecule has 0 aromatic heterocycles. The molecule has 156 valence electrons. The van der Waals surface area contributed by atoms with Gasteiger partial charge in [0.05, 0.1) is 7.11 Å². The smallest absolute Gasteiger partial charge is 0.344 e. The summed E-state index contributed by atoms with van der Waals surface area (Å²) in [7, 11) is 3.24. The molecule has 0 heterocycles. The minimum absolute atomic E-state index is 0.243. The van der Waals surface area contributed by atoms with Crippen molar-refractivity contribution in [3.63, 3.8) is 0 Å². The average Bonchev–Trinajstić information content (AvgIpc) is 2.70. The van der Waals surface area contributed by atoms with Crippen LogP contribution in [0.1, 0.15) is 36.5 Å². The Kier molecular flexibility index (Phi) is 8.07. The molecule has 0 spiro atoms. The lowest BCUT2D eigenvalue weighted by Gasteiger charge is -2.19. The third-order valence-electron chi connectivity index (χ3n) is 4.52. The van der Waals surface area contributed by atoms with Crippen LogP contribution in [0.3, 0.4) is 0 Å². The van der Waals surface area contributed by atoms with E-state index < -0.39 is 5.97 Å². The standard InChI is InChI=1S/C23H29NO5/c1-16(2)19-11-10-17(3)12-21(19)28-15-23(26)29-14-22(25)24(4)13-18-8-6-7-9-20(18)27-5/h6-12,16H,13-15H2,1-5H3. The molecule has 2 aromatic carbocycles. The van der Waals surface area contributed by atoms with E-state index in [4.69, 9.17) is 14.2 Å². The van der Waals surface area contributed by atoms with Crippen LogP contribution < -0.4 is 9.47 Å². The molecule has 0 atom stereocenters. The van der Waals surface area contributed by atoms with Crippen LogP contribution in [-0.2, 0) is 20.9 Å². The minimum atomic E-state index is -0.583. The Balaban J connectivity index is 1.84. The van der Waals surface area contributed by atoms with E-state index in [2.05, 4.69) is 13.8 Å². The molecule has 0 aliphatic heterocycles. The lowest BCUT2D eigenvalue weighted by atomic mass is 10.0. The first-order chi connectivity index (χ1) is 13.8. The summed E-state index contributed by atoms with van der Waals surface area (Å²) in [5.74, 6) is 0.753. The molecule has 0 saturated heterocycles. The molecule has 1 amide bonds. The Labute approximate surface area is 172 Å². The van der Waals surface area contributed by atoms with E-state index in [1.807, 2.05) is 49.4 Å². The Morgan fingerprint density at radius 3 is 2.45 bits per heavy atom. The second-order valence-electron chi connectivity index (χ2n) is 7.21. The van der Waals surface area contributed by atoms with Crippen molar-refractivity contribution in [2.24, 2.45) is 0 Å². The van der Waals surface area contributed by atoms with Crippen LogP contribution in [0.4, 0.5) is 0 Å². The van der Waals surface area contributed by atoms with Gasteiger partial charge in [0.15, 0.2) is 13.2 Å². The van der Waals surface area contributed by atoms with Crippen LogP contribution in [0, 0.1) is 6.92 Å². The van der Waals surface area contributed by atoms with Crippen molar-refractivity contribution in [1.29, 1.82) is 0 Å². The number of aryl methyl sites for hydroxylation is 1. The zero-order valence-corrected chi connectivity index (χ0v) is 17.7. The fourth-order valence-corrected chi connectivity index (χ4v) is 2.85. The fourth-order valence-electron chi connectivity index (χ4n) is 2.85. The molecular formula is C23H29NO5. The Bertz CT molecular complexity index is 847. The predicted octanol–water partition coefficient (Wildman–Crippen LogP) is 3.71. The van der Waals surface area contributed by atoms with Crippen LogP contribution in [0.15, 0.2) is 42.5 Å². The lowest BCUT2D eigenvalue weighted by molar-refractivity contribution is -0.153. The van der Waals surface area contributed by atoms with Gasteiger partial charge >= 0.3 is 5.97 Å². The molecule has 0 unspecified atom stereocenters. The monoisotopic (exact) mass is 399 g/mol. The summed E-state index contributed by atoms with van der Waals surface area (Å²) >= 11 is 0. The highest BCUT2D eigenvalue weighted by molar-refractivity contribution is 5.81. The van der Waals surface area contributed by atoms with E-state index in [0.717, 1.165) is 16.7 Å². The summed E-state index contributed by atoms with van der Waals surface area (Å²) < 4.78 is 16.0. The van der Waals surface area contributed by atoms with E-state index in [0.29, 0.717) is 18.0 Å². The largest absolute Gasteiger partial charge is 0.496 e. The van der Waals surface area contributed by atoms with Crippen molar-refractivity contribution in [3.8, 4) is 11.5 Å². The van der Waals surface area contributed by atoms with Crippen molar-refractivity contribution in [3.05, 3.63) is 59.2 Å². The van der Waals surface area contributed by atoms with Gasteiger partial charge in [-0.1, -0.05) is 44.2 Å². The molecule has 0 N–H and O–H groups in total. The first kappa shape index (κ1) is 22.3. The number of ether oxygens (including phenoxy) is 3. The maximum atomic E-state index is 12.3. The maximum absolute atomic E-state index is 12.3. The molecule has 0 radical (unpaired) electrons. The van der Waals surface area contributed by atoms with E-state index in [-0.39, 0.29) is 25.0 Å². The summed E-state index contributed by atoms with van der Waals surface area (Å²) in [6, 6.07) is 13.4. The summed E-state index contributed by atoms with van der Waals surface area (Å²) in [5, 5.41) is 0. The van der Waals surface area contributed by atoms with Gasteiger partial charge in [-0.15, -0.1) is 0 Å². The van der Waals surface area contributed by atoms with Gasteiger partial charge in [0.2, 0.25) is 0 Å². The van der Waals surface area contributed by atoms with Gasteiger partial charge in [-0.05, 0) is 36.1 Å². The molecule has 29 heavy (non-hydrogen) atoms. The van der Waals surface area contributed by atoms with Crippen molar-refractivity contribution in [1.82, 2.24) is 4.90 Å². The molecule has 0 aliphatic rings. The quantitative estimate of drug-likeness (QED) is 0.602. The van der Waals surface area contributed by atoms with Crippen LogP contribution >= 0.6 is 0 Å². The van der Waals surface area contributed by atoms with E-state index in [1.165, 1.54) is 4.90 Å². The van der Waals surface area contributed by atoms with Crippen LogP contribution in [0.25, 0.3) is 0 Å². The molecule has 0 fully saturated rings. The number of rotatable bonds is 9. The number of likely N-dealkylation sites (N-methyl/N-ethyl adjacent to an activating group) is 1. The highest BCUT2D eigenvalue weighted by Crippen LogP contribution is 2.27. The van der Waals surface area contributed by atoms with Crippen molar-refractivity contribution < 1.29 is 23.8 Å². The molecule has 6 heteroatoms. The van der Waals surface area contributed by atoms with E-state index >= 15 is 0 Å². The van der Waals surface area contributed by atoms with E-state index in [9.17, 15) is 9.59 Å². The first-order valence-electron chi connectivity index (χ1n) is 9.56. The Hall–Kier alpha value is -3.02. The zero-order valence-electron chi connectivity index (χ0n) is 17.7. The highest BCUT2D eigenvalue weighted by Gasteiger charge is 2.15. The number of benzene rings is 2. The number of nitrogens with zero attached hydrogens (tertiary/aromatic N) is 1. The SMILES string of the molecule is COc1ccccc1CN(C)C(=O)COC(=O)COc1cc(C)ccc1C(C)C. The van der Waals surface area contributed by atoms with Crippen LogP contribution in [-0.4, -0.2) is 44.1 Å². The van der Waals surface area contributed by atoms with Gasteiger partial charge in [-0.3, -0.25) is 4.79 Å². The Morgan fingerprint density at radius 1 is 1.03 bits per heavy atom. The van der Waals surface area contributed by atoms with Crippen molar-refractivity contribution >= 4 is 11.9 Å². The number of carbonyl (C=O) groups is 2. The average molecular weight is 399 g/mol. The van der Waals surface area contributed by atoms with E-state index in [1.54, 1.807) is 14.2 Å². The van der Waals surface area contributed by atoms with Gasteiger partial charge in [0.25, 0.3) is 5.91 Å². The van der Waals surface area contributed by atoms with Gasteiger partial charge in [-0.2, -0.15) is 0 Å². The second kappa shape index (κ2) is 10.5. The molecule has 0 bridgehead atoms. The number of amides is 1. The van der Waals surface area contributed by atoms with Gasteiger partial charge in [0, 0.05) is 19.2 Å². The van der Waals surface area contributed by atoms with Gasteiger partial charge in [-0.25, -0.2) is 4.79 Å². The number of para-hydroxylation sites is 1. The maximum Gasteiger partial charge on any atom is 0.344 e. The minimum Gasteiger partial charge on any atom is -0.496 e. The lowest BCUT2D eigenvalue weighted by Crippen LogP contribution is -2.31. The molecular weight excluding hydrogens is 370 g/mol. The zero-order chi connectivity index (χ0) is 21.4. The van der Waals surface area contributed by atoms with Crippen molar-refractivity contribution in [2.45, 2.75) is 33.2 Å². The van der Waals surface area contributed by atoms with Crippen LogP contribution in [0.5, 0.6) is 11.5 Å². The van der Waals surface area contributed by atoms with Gasteiger partial charge < -0.3 is 19.1 Å². The van der Waals surface area contributed by atoms with Crippen molar-refractivity contribution in [2.75, 3.05) is 27.4 Å². The summed E-state index contributed by atoms with van der Waals surface area (Å²) in [5.41, 5.74) is 2.95. The number of methoxy groups -OCH3 is 1. The van der Waals surface area contributed by atoms with Crippen LogP contribution in [0.2, 0.25) is 0 Å².